The molecule has 1 aliphatic rings. The molecule has 0 fully saturated rings. The quantitative estimate of drug-likeness (QED) is 0.285. The third-order valence-corrected chi connectivity index (χ3v) is 6.68. The molecule has 1 heterocycles. The molecule has 192 valence electrons. The van der Waals surface area contributed by atoms with Crippen molar-refractivity contribution in [2.45, 2.75) is 85.5 Å². The van der Waals surface area contributed by atoms with E-state index in [4.69, 9.17) is 4.99 Å². The molecule has 0 amide bonds. The van der Waals surface area contributed by atoms with Crippen molar-refractivity contribution in [2.75, 3.05) is 0 Å². The highest BCUT2D eigenvalue weighted by Crippen LogP contribution is 2.35. The molecule has 36 heavy (non-hydrogen) atoms. The van der Waals surface area contributed by atoms with Crippen LogP contribution in [-0.2, 0) is 0 Å². The van der Waals surface area contributed by atoms with Gasteiger partial charge in [-0.25, -0.2) is 0 Å². The lowest BCUT2D eigenvalue weighted by molar-refractivity contribution is -0.147. The second-order valence-corrected chi connectivity index (χ2v) is 10.6. The molecule has 0 saturated carbocycles. The van der Waals surface area contributed by atoms with Crippen molar-refractivity contribution in [2.24, 2.45) is 16.3 Å². The largest absolute Gasteiger partial charge is 0.366 e. The van der Waals surface area contributed by atoms with E-state index in [1.807, 2.05) is 12.1 Å². The van der Waals surface area contributed by atoms with E-state index in [0.717, 1.165) is 41.7 Å². The molecule has 1 aliphatic carbocycles. The Bertz CT molecular complexity index is 1120. The standard InChI is InChI=1S/C29H39N5O2/c1-7-20(2)21(3)30-24(16-17-29(6,35)36)15-13-22-12-14-23(19-28(4,5)18-22)25-10-8-9-11-26(25)27-31-33-34-32-27/h8,10,12,14,18-21,35-36H,7,13,15-17H2,1-6H3,(H,31,32,33,34). The first-order chi connectivity index (χ1) is 17.0. The third-order valence-electron chi connectivity index (χ3n) is 6.68. The number of aromatic nitrogens is 4. The smallest absolute Gasteiger partial charge is 0.213 e. The number of hydrogen-bond donors (Lipinski definition) is 3. The fourth-order valence-electron chi connectivity index (χ4n) is 4.29. The summed E-state index contributed by atoms with van der Waals surface area (Å²) in [5, 5.41) is 34.2. The van der Waals surface area contributed by atoms with Gasteiger partial charge in [-0.1, -0.05) is 76.1 Å². The monoisotopic (exact) mass is 489 g/mol. The fraction of sp³-hybridized carbons (Fsp3) is 0.517. The molecule has 2 atom stereocenters. The average molecular weight is 490 g/mol. The number of rotatable bonds is 11. The number of hydrogen-bond acceptors (Lipinski definition) is 6. The molecule has 0 spiro atoms. The first-order valence-corrected chi connectivity index (χ1v) is 12.8. The van der Waals surface area contributed by atoms with Crippen LogP contribution in [0.1, 0.15) is 79.2 Å². The summed E-state index contributed by atoms with van der Waals surface area (Å²) in [5.41, 5.74) is 4.87. The highest BCUT2D eigenvalue weighted by Gasteiger charge is 2.21. The summed E-state index contributed by atoms with van der Waals surface area (Å²) in [5.74, 6) is -0.725. The number of nitrogens with zero attached hydrogens (tertiary/aromatic N) is 4. The van der Waals surface area contributed by atoms with Crippen LogP contribution in [0.4, 0.5) is 0 Å². The molecule has 7 nitrogen and oxygen atoms in total. The van der Waals surface area contributed by atoms with Gasteiger partial charge in [0.05, 0.1) is 5.56 Å². The second-order valence-electron chi connectivity index (χ2n) is 10.6. The minimum Gasteiger partial charge on any atom is -0.366 e. The number of aliphatic imine (C=N–C) groups is 1. The van der Waals surface area contributed by atoms with Crippen LogP contribution < -0.4 is 0 Å². The highest BCUT2D eigenvalue weighted by molar-refractivity contribution is 5.86. The Morgan fingerprint density at radius 1 is 1.19 bits per heavy atom. The van der Waals surface area contributed by atoms with Gasteiger partial charge in [0, 0.05) is 29.2 Å². The van der Waals surface area contributed by atoms with E-state index in [0.29, 0.717) is 18.2 Å². The molecule has 2 unspecified atom stereocenters. The Labute approximate surface area is 215 Å². The second kappa shape index (κ2) is 11.8. The highest BCUT2D eigenvalue weighted by atomic mass is 16.5. The van der Waals surface area contributed by atoms with E-state index in [1.165, 1.54) is 12.5 Å². The maximum atomic E-state index is 9.86. The Kier molecular flexibility index (Phi) is 8.99. The summed E-state index contributed by atoms with van der Waals surface area (Å²) >= 11 is 0. The van der Waals surface area contributed by atoms with Gasteiger partial charge < -0.3 is 10.2 Å². The molecule has 7 heteroatoms. The molecule has 0 aliphatic heterocycles. The number of allylic oxidation sites excluding steroid dienone is 6. The first kappa shape index (κ1) is 27.5. The van der Waals surface area contributed by atoms with Gasteiger partial charge in [0.2, 0.25) is 5.82 Å². The van der Waals surface area contributed by atoms with Gasteiger partial charge in [-0.05, 0) is 61.9 Å². The zero-order valence-corrected chi connectivity index (χ0v) is 22.3. The molecule has 3 rings (SSSR count). The van der Waals surface area contributed by atoms with Crippen LogP contribution in [0.5, 0.6) is 0 Å². The maximum Gasteiger partial charge on any atom is 0.213 e. The van der Waals surface area contributed by atoms with Crippen LogP contribution in [0.3, 0.4) is 0 Å². The first-order valence-electron chi connectivity index (χ1n) is 12.8. The minimum absolute atomic E-state index is 0.182. The van der Waals surface area contributed by atoms with Crippen LogP contribution in [0, 0.1) is 23.5 Å². The number of tetrazole rings is 1. The molecule has 0 radical (unpaired) electrons. The Morgan fingerprint density at radius 2 is 1.97 bits per heavy atom. The summed E-state index contributed by atoms with van der Waals surface area (Å²) in [6, 6.07) is 10.2. The molecule has 3 N–H and O–H groups in total. The minimum atomic E-state index is -1.69. The zero-order chi connectivity index (χ0) is 26.3. The Balaban J connectivity index is 1.82. The van der Waals surface area contributed by atoms with Crippen molar-refractivity contribution < 1.29 is 10.2 Å². The van der Waals surface area contributed by atoms with Gasteiger partial charge in [0.25, 0.3) is 0 Å². The number of H-pyrrole nitrogens is 1. The SMILES string of the molecule is CCC(C)C(C)N=C(CCC1=CC(C)(C)C=C(c2ccc#cc2-c2nn[nH]n2)C=C1)CCC(C)(O)O. The predicted octanol–water partition coefficient (Wildman–Crippen LogP) is 5.51. The molecule has 0 saturated heterocycles. The fourth-order valence-corrected chi connectivity index (χ4v) is 4.29. The van der Waals surface area contributed by atoms with E-state index in [2.05, 4.69) is 91.7 Å². The van der Waals surface area contributed by atoms with Gasteiger partial charge >= 0.3 is 0 Å². The van der Waals surface area contributed by atoms with Crippen molar-refractivity contribution in [1.82, 2.24) is 20.6 Å². The lowest BCUT2D eigenvalue weighted by Crippen LogP contribution is -2.24. The van der Waals surface area contributed by atoms with E-state index < -0.39 is 5.79 Å². The maximum absolute atomic E-state index is 9.86. The van der Waals surface area contributed by atoms with E-state index in [-0.39, 0.29) is 17.9 Å². The molecular weight excluding hydrogens is 450 g/mol. The van der Waals surface area contributed by atoms with Gasteiger partial charge in [-0.2, -0.15) is 5.21 Å². The van der Waals surface area contributed by atoms with Crippen LogP contribution in [0.2, 0.25) is 0 Å². The van der Waals surface area contributed by atoms with E-state index in [1.54, 1.807) is 0 Å². The topological polar surface area (TPSA) is 107 Å². The van der Waals surface area contributed by atoms with Crippen LogP contribution >= 0.6 is 0 Å². The van der Waals surface area contributed by atoms with Crippen molar-refractivity contribution in [3.63, 3.8) is 0 Å². The van der Waals surface area contributed by atoms with Crippen molar-refractivity contribution >= 4 is 11.3 Å². The molecular formula is C29H39N5O2. The number of aromatic amines is 1. The molecule has 1 aromatic carbocycles. The van der Waals surface area contributed by atoms with Crippen molar-refractivity contribution in [1.29, 1.82) is 0 Å². The molecule has 1 aromatic heterocycles. The van der Waals surface area contributed by atoms with E-state index in [9.17, 15) is 10.2 Å². The van der Waals surface area contributed by atoms with E-state index >= 15 is 0 Å². The number of aliphatic hydroxyl groups is 2. The lowest BCUT2D eigenvalue weighted by atomic mass is 9.87. The predicted molar refractivity (Wildman–Crippen MR) is 144 cm³/mol. The van der Waals surface area contributed by atoms with Crippen LogP contribution in [-0.4, -0.2) is 48.4 Å². The molecule has 2 aromatic rings. The van der Waals surface area contributed by atoms with Gasteiger partial charge in [0.15, 0.2) is 5.79 Å². The Hall–Kier alpha value is -3.08. The Morgan fingerprint density at radius 3 is 2.64 bits per heavy atom. The summed E-state index contributed by atoms with van der Waals surface area (Å²) < 4.78 is 0. The summed E-state index contributed by atoms with van der Waals surface area (Å²) in [6.45, 7) is 12.3. The third kappa shape index (κ3) is 7.97. The van der Waals surface area contributed by atoms with Crippen molar-refractivity contribution in [3.05, 3.63) is 59.7 Å². The molecule has 0 bridgehead atoms. The average Bonchev–Trinajstić information content (AvgIpc) is 3.31. The summed E-state index contributed by atoms with van der Waals surface area (Å²) in [7, 11) is 0. The van der Waals surface area contributed by atoms with Crippen LogP contribution in [0.25, 0.3) is 17.0 Å². The summed E-state index contributed by atoms with van der Waals surface area (Å²) in [6.07, 6.45) is 12.3. The van der Waals surface area contributed by atoms with Gasteiger partial charge in [-0.15, -0.1) is 10.2 Å². The normalized spacial score (nSPS) is 17.6. The number of nitrogens with one attached hydrogen (secondary N) is 1. The van der Waals surface area contributed by atoms with Crippen LogP contribution in [0.15, 0.2) is 47.0 Å². The van der Waals surface area contributed by atoms with Gasteiger partial charge in [-0.3, -0.25) is 4.99 Å². The lowest BCUT2D eigenvalue weighted by Gasteiger charge is -2.20. The summed E-state index contributed by atoms with van der Waals surface area (Å²) in [4.78, 5) is 5.00. The zero-order valence-electron chi connectivity index (χ0n) is 22.3. The van der Waals surface area contributed by atoms with Gasteiger partial charge in [0.1, 0.15) is 0 Å². The van der Waals surface area contributed by atoms with Crippen molar-refractivity contribution in [3.8, 4) is 11.4 Å².